The summed E-state index contributed by atoms with van der Waals surface area (Å²) in [6.45, 7) is -0.0338. The Bertz CT molecular complexity index is 627. The van der Waals surface area contributed by atoms with Gasteiger partial charge in [0, 0.05) is 6.54 Å². The van der Waals surface area contributed by atoms with Crippen LogP contribution in [0.25, 0.3) is 11.0 Å². The summed E-state index contributed by atoms with van der Waals surface area (Å²) in [5.41, 5.74) is 10.8. The molecule has 4 N–H and O–H groups in total. The molecular weight excluding hydrogens is 258 g/mol. The second-order valence-corrected chi connectivity index (χ2v) is 3.87. The van der Waals surface area contributed by atoms with Gasteiger partial charge in [0.25, 0.3) is 0 Å². The first-order chi connectivity index (χ1) is 9.00. The number of ether oxygens (including phenoxy) is 1. The van der Waals surface area contributed by atoms with E-state index in [9.17, 15) is 13.6 Å². The summed E-state index contributed by atoms with van der Waals surface area (Å²) in [5.74, 6) is -2.56. The number of hydrogen-bond acceptors (Lipinski definition) is 4. The van der Waals surface area contributed by atoms with Crippen LogP contribution in [0.1, 0.15) is 0 Å². The van der Waals surface area contributed by atoms with E-state index in [1.807, 2.05) is 0 Å². The summed E-state index contributed by atoms with van der Waals surface area (Å²) in [4.78, 5) is 14.4. The number of hydrogen-bond donors (Lipinski definition) is 2. The van der Waals surface area contributed by atoms with Crippen molar-refractivity contribution in [1.82, 2.24) is 9.55 Å². The molecule has 0 atom stereocenters. The van der Waals surface area contributed by atoms with Gasteiger partial charge in [0.05, 0.1) is 12.1 Å². The fourth-order valence-electron chi connectivity index (χ4n) is 1.73. The van der Waals surface area contributed by atoms with Crippen LogP contribution >= 0.6 is 0 Å². The van der Waals surface area contributed by atoms with Gasteiger partial charge in [-0.2, -0.15) is 0 Å². The maximum absolute atomic E-state index is 13.7. The van der Waals surface area contributed by atoms with Gasteiger partial charge in [-0.15, -0.1) is 0 Å². The molecule has 0 aliphatic heterocycles. The zero-order valence-electron chi connectivity index (χ0n) is 9.90. The van der Waals surface area contributed by atoms with Crippen molar-refractivity contribution in [2.45, 2.75) is 6.54 Å². The Morgan fingerprint density at radius 1 is 1.42 bits per heavy atom. The second-order valence-electron chi connectivity index (χ2n) is 3.87. The number of primary amides is 1. The Hall–Kier alpha value is -2.22. The van der Waals surface area contributed by atoms with E-state index in [4.69, 9.17) is 16.2 Å². The molecule has 0 spiro atoms. The number of rotatable bonds is 5. The van der Waals surface area contributed by atoms with Crippen molar-refractivity contribution in [3.05, 3.63) is 23.8 Å². The molecule has 102 valence electrons. The number of imidazole rings is 1. The SMILES string of the molecule is NC(=O)COCCn1c(N)nc2ccc(F)c(F)c21. The van der Waals surface area contributed by atoms with Gasteiger partial charge in [-0.25, -0.2) is 13.8 Å². The highest BCUT2D eigenvalue weighted by atomic mass is 19.2. The lowest BCUT2D eigenvalue weighted by Crippen LogP contribution is -2.20. The predicted octanol–water partition coefficient (Wildman–Crippen LogP) is 0.399. The lowest BCUT2D eigenvalue weighted by atomic mass is 10.3. The topological polar surface area (TPSA) is 96.2 Å². The van der Waals surface area contributed by atoms with Crippen LogP contribution in [0.5, 0.6) is 0 Å². The Kier molecular flexibility index (Phi) is 3.61. The summed E-state index contributed by atoms with van der Waals surface area (Å²) in [7, 11) is 0. The lowest BCUT2D eigenvalue weighted by Gasteiger charge is -2.07. The van der Waals surface area contributed by atoms with Gasteiger partial charge in [0.1, 0.15) is 12.1 Å². The minimum Gasteiger partial charge on any atom is -0.370 e. The monoisotopic (exact) mass is 270 g/mol. The number of anilines is 1. The highest BCUT2D eigenvalue weighted by Crippen LogP contribution is 2.22. The van der Waals surface area contributed by atoms with Crippen LogP contribution in [0.4, 0.5) is 14.7 Å². The van der Waals surface area contributed by atoms with E-state index >= 15 is 0 Å². The van der Waals surface area contributed by atoms with Gasteiger partial charge < -0.3 is 20.8 Å². The van der Waals surface area contributed by atoms with Gasteiger partial charge in [-0.05, 0) is 12.1 Å². The van der Waals surface area contributed by atoms with Gasteiger partial charge >= 0.3 is 0 Å². The molecule has 0 unspecified atom stereocenters. The van der Waals surface area contributed by atoms with Gasteiger partial charge in [-0.3, -0.25) is 4.79 Å². The molecule has 0 aliphatic carbocycles. The molecule has 0 saturated heterocycles. The number of benzene rings is 1. The predicted molar refractivity (Wildman–Crippen MR) is 64.1 cm³/mol. The number of carbonyl (C=O) groups excluding carboxylic acids is 1. The Balaban J connectivity index is 2.24. The van der Waals surface area contributed by atoms with E-state index in [1.165, 1.54) is 10.6 Å². The number of fused-ring (bicyclic) bond motifs is 1. The fraction of sp³-hybridized carbons (Fsp3) is 0.273. The van der Waals surface area contributed by atoms with E-state index in [-0.39, 0.29) is 36.7 Å². The molecule has 0 aliphatic rings. The first-order valence-electron chi connectivity index (χ1n) is 5.46. The highest BCUT2D eigenvalue weighted by molar-refractivity contribution is 5.79. The van der Waals surface area contributed by atoms with Crippen molar-refractivity contribution in [3.8, 4) is 0 Å². The minimum absolute atomic E-state index is 0.0276. The van der Waals surface area contributed by atoms with Crippen molar-refractivity contribution in [3.63, 3.8) is 0 Å². The molecule has 19 heavy (non-hydrogen) atoms. The number of nitrogen functional groups attached to an aromatic ring is 1. The average molecular weight is 270 g/mol. The smallest absolute Gasteiger partial charge is 0.243 e. The Morgan fingerprint density at radius 2 is 2.16 bits per heavy atom. The summed E-state index contributed by atoms with van der Waals surface area (Å²) in [6, 6.07) is 2.32. The standard InChI is InChI=1S/C11H12F2N4O2/c12-6-1-2-7-10(9(6)13)17(11(15)16-7)3-4-19-5-8(14)18/h1-2H,3-5H2,(H2,14,18)(H2,15,16). The molecule has 0 saturated carbocycles. The summed E-state index contributed by atoms with van der Waals surface area (Å²) < 4.78 is 33.1. The van der Waals surface area contributed by atoms with Crippen molar-refractivity contribution < 1.29 is 18.3 Å². The maximum atomic E-state index is 13.7. The zero-order chi connectivity index (χ0) is 14.0. The number of aromatic nitrogens is 2. The van der Waals surface area contributed by atoms with E-state index < -0.39 is 17.5 Å². The number of carbonyl (C=O) groups is 1. The summed E-state index contributed by atoms with van der Waals surface area (Å²) in [6.07, 6.45) is 0. The van der Waals surface area contributed by atoms with Crippen LogP contribution < -0.4 is 11.5 Å². The molecule has 1 amide bonds. The maximum Gasteiger partial charge on any atom is 0.243 e. The zero-order valence-corrected chi connectivity index (χ0v) is 9.90. The van der Waals surface area contributed by atoms with Gasteiger partial charge in [0.2, 0.25) is 11.9 Å². The van der Waals surface area contributed by atoms with Crippen molar-refractivity contribution in [1.29, 1.82) is 0 Å². The normalized spacial score (nSPS) is 11.1. The van der Waals surface area contributed by atoms with E-state index in [0.29, 0.717) is 0 Å². The van der Waals surface area contributed by atoms with E-state index in [0.717, 1.165) is 6.07 Å². The lowest BCUT2D eigenvalue weighted by molar-refractivity contribution is -0.122. The molecule has 2 rings (SSSR count). The number of halogens is 2. The summed E-state index contributed by atoms with van der Waals surface area (Å²) in [5, 5.41) is 0. The molecule has 6 nitrogen and oxygen atoms in total. The third kappa shape index (κ3) is 2.63. The number of nitrogens with zero attached hydrogens (tertiary/aromatic N) is 2. The van der Waals surface area contributed by atoms with E-state index in [2.05, 4.69) is 4.98 Å². The van der Waals surface area contributed by atoms with Crippen LogP contribution in [-0.2, 0) is 16.1 Å². The quantitative estimate of drug-likeness (QED) is 0.768. The second kappa shape index (κ2) is 5.19. The Labute approximate surface area is 106 Å². The number of nitrogens with two attached hydrogens (primary N) is 2. The van der Waals surface area contributed by atoms with E-state index in [1.54, 1.807) is 0 Å². The first-order valence-corrected chi connectivity index (χ1v) is 5.46. The summed E-state index contributed by atoms with van der Waals surface area (Å²) >= 11 is 0. The van der Waals surface area contributed by atoms with Crippen molar-refractivity contribution in [2.24, 2.45) is 5.73 Å². The largest absolute Gasteiger partial charge is 0.370 e. The third-order valence-electron chi connectivity index (χ3n) is 2.53. The van der Waals surface area contributed by atoms with Crippen molar-refractivity contribution >= 4 is 22.9 Å². The third-order valence-corrected chi connectivity index (χ3v) is 2.53. The van der Waals surface area contributed by atoms with Crippen LogP contribution in [0.2, 0.25) is 0 Å². The minimum atomic E-state index is -1.02. The van der Waals surface area contributed by atoms with Crippen LogP contribution in [0.15, 0.2) is 12.1 Å². The average Bonchev–Trinajstić information content (AvgIpc) is 2.66. The van der Waals surface area contributed by atoms with Crippen LogP contribution in [-0.4, -0.2) is 28.7 Å². The molecule has 8 heteroatoms. The van der Waals surface area contributed by atoms with Crippen LogP contribution in [0.3, 0.4) is 0 Å². The Morgan fingerprint density at radius 3 is 2.84 bits per heavy atom. The van der Waals surface area contributed by atoms with Gasteiger partial charge in [-0.1, -0.05) is 0 Å². The molecule has 2 aromatic rings. The van der Waals surface area contributed by atoms with Crippen molar-refractivity contribution in [2.75, 3.05) is 18.9 Å². The molecule has 0 radical (unpaired) electrons. The first kappa shape index (κ1) is 13.2. The van der Waals surface area contributed by atoms with Gasteiger partial charge in [0.15, 0.2) is 11.6 Å². The fourth-order valence-corrected chi connectivity index (χ4v) is 1.73. The molecule has 1 heterocycles. The number of amides is 1. The molecule has 0 fully saturated rings. The molecular formula is C11H12F2N4O2. The molecule has 1 aromatic heterocycles. The molecule has 0 bridgehead atoms. The van der Waals surface area contributed by atoms with Crippen LogP contribution in [0, 0.1) is 11.6 Å². The molecule has 1 aromatic carbocycles. The highest BCUT2D eigenvalue weighted by Gasteiger charge is 2.15.